The molecule has 230 valence electrons. The summed E-state index contributed by atoms with van der Waals surface area (Å²) in [5, 5.41) is 18.4. The highest BCUT2D eigenvalue weighted by molar-refractivity contribution is 7.90. The summed E-state index contributed by atoms with van der Waals surface area (Å²) < 4.78 is 50.8. The zero-order valence-electron chi connectivity index (χ0n) is 25.6. The lowest BCUT2D eigenvalue weighted by atomic mass is 9.95. The van der Waals surface area contributed by atoms with Crippen LogP contribution in [0.15, 0.2) is 30.6 Å². The average molecular weight is 619 g/mol. The highest BCUT2D eigenvalue weighted by Crippen LogP contribution is 2.44. The smallest absolute Gasteiger partial charge is 0.218 e. The molecule has 42 heavy (non-hydrogen) atoms. The van der Waals surface area contributed by atoms with E-state index in [9.17, 15) is 13.5 Å². The lowest BCUT2D eigenvalue weighted by Gasteiger charge is -2.38. The maximum absolute atomic E-state index is 14.1. The van der Waals surface area contributed by atoms with Crippen LogP contribution in [0.2, 0.25) is 25.7 Å². The number of methoxy groups -OCH3 is 1. The molecule has 0 radical (unpaired) electrons. The van der Waals surface area contributed by atoms with Crippen LogP contribution in [0.4, 0.5) is 0 Å². The van der Waals surface area contributed by atoms with E-state index < -0.39 is 41.1 Å². The molecule has 3 heterocycles. The number of nitrogens with one attached hydrogen (secondary N) is 1. The Morgan fingerprint density at radius 1 is 1.19 bits per heavy atom. The van der Waals surface area contributed by atoms with Crippen LogP contribution in [0.25, 0.3) is 11.4 Å². The third kappa shape index (κ3) is 6.37. The van der Waals surface area contributed by atoms with Crippen molar-refractivity contribution in [1.29, 1.82) is 0 Å². The molecule has 2 aromatic heterocycles. The van der Waals surface area contributed by atoms with Gasteiger partial charge in [0, 0.05) is 27.0 Å². The second-order valence-corrected chi connectivity index (χ2v) is 19.8. The fourth-order valence-electron chi connectivity index (χ4n) is 4.94. The molecule has 1 aliphatic rings. The summed E-state index contributed by atoms with van der Waals surface area (Å²) in [6.45, 7) is 13.7. The van der Waals surface area contributed by atoms with Gasteiger partial charge in [-0.25, -0.2) is 23.1 Å². The summed E-state index contributed by atoms with van der Waals surface area (Å²) in [5.74, 6) is 1.74. The number of benzene rings is 1. The topological polar surface area (TPSA) is 151 Å². The molecule has 0 bridgehead atoms. The number of aliphatic hydroxyl groups is 1. The lowest BCUT2D eigenvalue weighted by molar-refractivity contribution is -0.0715. The molecule has 0 aliphatic carbocycles. The van der Waals surface area contributed by atoms with E-state index in [4.69, 9.17) is 14.2 Å². The fraction of sp³-hybridized carbons (Fsp3) is 0.571. The third-order valence-corrected chi connectivity index (χ3v) is 10.8. The van der Waals surface area contributed by atoms with Crippen molar-refractivity contribution in [2.75, 3.05) is 26.9 Å². The van der Waals surface area contributed by atoms with Gasteiger partial charge in [-0.05, 0) is 57.5 Å². The van der Waals surface area contributed by atoms with Crippen molar-refractivity contribution in [1.82, 2.24) is 29.5 Å². The number of sulfonamides is 1. The number of ether oxygens (including phenoxy) is 3. The number of aromatic nitrogens is 5. The minimum Gasteiger partial charge on any atom is -0.497 e. The molecule has 0 fully saturated rings. The van der Waals surface area contributed by atoms with Crippen LogP contribution in [0, 0.1) is 6.92 Å². The van der Waals surface area contributed by atoms with E-state index in [1.165, 1.54) is 0 Å². The predicted molar refractivity (Wildman–Crippen MR) is 162 cm³/mol. The van der Waals surface area contributed by atoms with E-state index >= 15 is 0 Å². The molecule has 3 aromatic rings. The van der Waals surface area contributed by atoms with Crippen molar-refractivity contribution < 1.29 is 27.7 Å². The highest BCUT2D eigenvalue weighted by Gasteiger charge is 2.55. The Labute approximate surface area is 248 Å². The average Bonchev–Trinajstić information content (AvgIpc) is 3.30. The molecule has 1 aromatic carbocycles. The lowest BCUT2D eigenvalue weighted by Crippen LogP contribution is -2.53. The Kier molecular flexibility index (Phi) is 9.42. The zero-order chi connectivity index (χ0) is 30.9. The number of aryl methyl sites for hydroxylation is 1. The monoisotopic (exact) mass is 618 g/mol. The van der Waals surface area contributed by atoms with E-state index in [1.54, 1.807) is 49.2 Å². The quantitative estimate of drug-likeness (QED) is 0.290. The Hall–Kier alpha value is -2.91. The van der Waals surface area contributed by atoms with Crippen LogP contribution < -0.4 is 14.2 Å². The molecule has 2 unspecified atom stereocenters. The predicted octanol–water partition coefficient (Wildman–Crippen LogP) is 3.29. The van der Waals surface area contributed by atoms with E-state index in [2.05, 4.69) is 44.5 Å². The van der Waals surface area contributed by atoms with E-state index in [-0.39, 0.29) is 24.9 Å². The standard InChI is InChI=1S/C28H42N6O6SSi/c1-18(2)40-28(26-29-14-19(3)15-30-26,20(4)41(36,37)31-11-12-42(6,7)8)27-33-32-25-23-13-22(38-5)9-10-24(23)39-17-21(16-35)34(25)27/h9-10,13-15,18,20-21,31,35H,11-12,16-17H2,1-8H3/t20?,21-,28?/m1/s1. The van der Waals surface area contributed by atoms with Gasteiger partial charge in [0.15, 0.2) is 17.5 Å². The van der Waals surface area contributed by atoms with Gasteiger partial charge in [-0.15, -0.1) is 10.2 Å². The number of rotatable bonds is 12. The van der Waals surface area contributed by atoms with Crippen LogP contribution in [0.1, 0.15) is 44.0 Å². The summed E-state index contributed by atoms with van der Waals surface area (Å²) in [6.07, 6.45) is 2.76. The Bertz CT molecular complexity index is 1490. The summed E-state index contributed by atoms with van der Waals surface area (Å²) >= 11 is 0. The normalized spacial score (nSPS) is 17.5. The van der Waals surface area contributed by atoms with Crippen molar-refractivity contribution in [2.24, 2.45) is 0 Å². The van der Waals surface area contributed by atoms with Crippen molar-refractivity contribution >= 4 is 18.1 Å². The first kappa shape index (κ1) is 32.0. The molecule has 1 aliphatic heterocycles. The maximum Gasteiger partial charge on any atom is 0.218 e. The van der Waals surface area contributed by atoms with Crippen molar-refractivity contribution in [2.45, 2.75) is 76.4 Å². The first-order valence-electron chi connectivity index (χ1n) is 14.1. The van der Waals surface area contributed by atoms with Gasteiger partial charge in [0.25, 0.3) is 0 Å². The molecule has 2 N–H and O–H groups in total. The minimum atomic E-state index is -4.03. The second-order valence-electron chi connectivity index (χ2n) is 12.1. The minimum absolute atomic E-state index is 0.0793. The Morgan fingerprint density at radius 3 is 2.48 bits per heavy atom. The van der Waals surface area contributed by atoms with Crippen LogP contribution in [0.5, 0.6) is 11.5 Å². The largest absolute Gasteiger partial charge is 0.497 e. The molecule has 14 heteroatoms. The maximum atomic E-state index is 14.1. The molecular formula is C28H42N6O6SSi. The summed E-state index contributed by atoms with van der Waals surface area (Å²) in [6, 6.07) is 5.40. The fourth-order valence-corrected chi connectivity index (χ4v) is 7.33. The Balaban J connectivity index is 2.01. The van der Waals surface area contributed by atoms with Gasteiger partial charge in [0.2, 0.25) is 15.6 Å². The Morgan fingerprint density at radius 2 is 1.88 bits per heavy atom. The van der Waals surface area contributed by atoms with Gasteiger partial charge in [0.1, 0.15) is 23.4 Å². The SMILES string of the molecule is COc1ccc2c(c1)-c1nnc(C(OC(C)C)(c3ncc(C)cn3)C(C)S(=O)(=O)NCC[Si](C)(C)C)n1[C@H](CO)CO2. The second kappa shape index (κ2) is 12.4. The van der Waals surface area contributed by atoms with Crippen LogP contribution >= 0.6 is 0 Å². The van der Waals surface area contributed by atoms with Crippen LogP contribution in [0.3, 0.4) is 0 Å². The van der Waals surface area contributed by atoms with E-state index in [0.717, 1.165) is 11.6 Å². The van der Waals surface area contributed by atoms with Gasteiger partial charge in [-0.1, -0.05) is 19.6 Å². The molecule has 0 spiro atoms. The van der Waals surface area contributed by atoms with Gasteiger partial charge in [-0.3, -0.25) is 4.57 Å². The van der Waals surface area contributed by atoms with Crippen LogP contribution in [-0.4, -0.2) is 84.6 Å². The van der Waals surface area contributed by atoms with Gasteiger partial charge < -0.3 is 19.3 Å². The first-order chi connectivity index (χ1) is 19.7. The zero-order valence-corrected chi connectivity index (χ0v) is 27.4. The first-order valence-corrected chi connectivity index (χ1v) is 19.3. The molecule has 0 amide bonds. The van der Waals surface area contributed by atoms with Gasteiger partial charge in [0.05, 0.1) is 31.4 Å². The summed E-state index contributed by atoms with van der Waals surface area (Å²) in [5.41, 5.74) is -0.436. The van der Waals surface area contributed by atoms with Gasteiger partial charge in [-0.2, -0.15) is 0 Å². The third-order valence-electron chi connectivity index (χ3n) is 7.21. The molecule has 0 saturated heterocycles. The van der Waals surface area contributed by atoms with Crippen LogP contribution in [-0.2, 0) is 20.4 Å². The molecular weight excluding hydrogens is 576 g/mol. The molecule has 4 rings (SSSR count). The van der Waals surface area contributed by atoms with E-state index in [0.29, 0.717) is 29.4 Å². The number of fused-ring (bicyclic) bond motifs is 3. The number of hydrogen-bond donors (Lipinski definition) is 2. The number of hydrogen-bond acceptors (Lipinski definition) is 10. The molecule has 3 atom stereocenters. The summed E-state index contributed by atoms with van der Waals surface area (Å²) in [4.78, 5) is 9.19. The van der Waals surface area contributed by atoms with E-state index in [1.807, 2.05) is 20.8 Å². The summed E-state index contributed by atoms with van der Waals surface area (Å²) in [7, 11) is -4.00. The number of aliphatic hydroxyl groups excluding tert-OH is 1. The highest BCUT2D eigenvalue weighted by atomic mass is 32.2. The number of nitrogens with zero attached hydrogens (tertiary/aromatic N) is 5. The molecule has 12 nitrogen and oxygen atoms in total. The molecule has 0 saturated carbocycles. The van der Waals surface area contributed by atoms with Gasteiger partial charge >= 0.3 is 0 Å². The van der Waals surface area contributed by atoms with Crippen molar-refractivity contribution in [3.8, 4) is 22.9 Å². The van der Waals surface area contributed by atoms with Crippen molar-refractivity contribution in [3.63, 3.8) is 0 Å². The van der Waals surface area contributed by atoms with Crippen molar-refractivity contribution in [3.05, 3.63) is 47.8 Å².